The average molecular weight is 279 g/mol. The van der Waals surface area contributed by atoms with E-state index >= 15 is 0 Å². The van der Waals surface area contributed by atoms with Gasteiger partial charge in [0.25, 0.3) is 5.56 Å². The van der Waals surface area contributed by atoms with Crippen molar-refractivity contribution in [1.82, 2.24) is 24.6 Å². The summed E-state index contributed by atoms with van der Waals surface area (Å²) in [5, 5.41) is 17.7. The van der Waals surface area contributed by atoms with Crippen LogP contribution in [0.3, 0.4) is 0 Å². The van der Waals surface area contributed by atoms with Gasteiger partial charge in [-0.1, -0.05) is 0 Å². The number of aromatic nitrogens is 4. The van der Waals surface area contributed by atoms with Gasteiger partial charge in [0, 0.05) is 19.1 Å². The van der Waals surface area contributed by atoms with Gasteiger partial charge in [-0.3, -0.25) is 14.0 Å². The summed E-state index contributed by atoms with van der Waals surface area (Å²) in [5.74, 6) is 0. The van der Waals surface area contributed by atoms with Crippen LogP contribution in [0, 0.1) is 0 Å². The van der Waals surface area contributed by atoms with Crippen molar-refractivity contribution in [3.8, 4) is 0 Å². The Morgan fingerprint density at radius 3 is 2.80 bits per heavy atom. The molecule has 0 saturated heterocycles. The molecule has 1 unspecified atom stereocenters. The molecule has 2 rings (SSSR count). The standard InChI is InChI=1S/C13H21N5O2/c1-13(2,3)15-5-9(19)7-18-8-14-11-10(12(18)20)6-16-17(11)4/h6,8-9,15,19H,5,7H2,1-4H3. The highest BCUT2D eigenvalue weighted by Gasteiger charge is 2.14. The van der Waals surface area contributed by atoms with Gasteiger partial charge >= 0.3 is 0 Å². The number of hydrogen-bond donors (Lipinski definition) is 2. The molecule has 2 aromatic heterocycles. The van der Waals surface area contributed by atoms with E-state index in [1.807, 2.05) is 20.8 Å². The lowest BCUT2D eigenvalue weighted by molar-refractivity contribution is 0.140. The van der Waals surface area contributed by atoms with E-state index in [2.05, 4.69) is 15.4 Å². The van der Waals surface area contributed by atoms with Crippen LogP contribution in [0.1, 0.15) is 20.8 Å². The lowest BCUT2D eigenvalue weighted by Gasteiger charge is -2.23. The average Bonchev–Trinajstić information content (AvgIpc) is 2.72. The van der Waals surface area contributed by atoms with Crippen molar-refractivity contribution in [3.05, 3.63) is 22.9 Å². The summed E-state index contributed by atoms with van der Waals surface area (Å²) in [7, 11) is 1.74. The molecule has 0 aliphatic heterocycles. The Kier molecular flexibility index (Phi) is 3.92. The smallest absolute Gasteiger partial charge is 0.264 e. The van der Waals surface area contributed by atoms with E-state index in [4.69, 9.17) is 0 Å². The lowest BCUT2D eigenvalue weighted by atomic mass is 10.1. The summed E-state index contributed by atoms with van der Waals surface area (Å²) in [6.45, 7) is 6.69. The van der Waals surface area contributed by atoms with Crippen LogP contribution in [0.4, 0.5) is 0 Å². The predicted molar refractivity (Wildman–Crippen MR) is 76.5 cm³/mol. The maximum absolute atomic E-state index is 12.2. The molecular formula is C13H21N5O2. The van der Waals surface area contributed by atoms with Crippen molar-refractivity contribution in [1.29, 1.82) is 0 Å². The van der Waals surface area contributed by atoms with Crippen LogP contribution in [-0.4, -0.2) is 42.6 Å². The second-order valence-corrected chi connectivity index (χ2v) is 5.99. The third-order valence-corrected chi connectivity index (χ3v) is 2.99. The molecule has 0 saturated carbocycles. The zero-order valence-corrected chi connectivity index (χ0v) is 12.3. The van der Waals surface area contributed by atoms with E-state index in [0.29, 0.717) is 17.6 Å². The number of hydrogen-bond acceptors (Lipinski definition) is 5. The van der Waals surface area contributed by atoms with Crippen LogP contribution in [-0.2, 0) is 13.6 Å². The molecule has 2 heterocycles. The fraction of sp³-hybridized carbons (Fsp3) is 0.615. The molecule has 110 valence electrons. The zero-order valence-electron chi connectivity index (χ0n) is 12.3. The summed E-state index contributed by atoms with van der Waals surface area (Å²) < 4.78 is 2.97. The number of nitrogens with one attached hydrogen (secondary N) is 1. The number of nitrogens with zero attached hydrogens (tertiary/aromatic N) is 4. The van der Waals surface area contributed by atoms with Gasteiger partial charge in [0.05, 0.1) is 18.8 Å². The van der Waals surface area contributed by atoms with Crippen molar-refractivity contribution in [2.45, 2.75) is 39.0 Å². The fourth-order valence-corrected chi connectivity index (χ4v) is 1.91. The number of fused-ring (bicyclic) bond motifs is 1. The van der Waals surface area contributed by atoms with Gasteiger partial charge in [0.15, 0.2) is 5.65 Å². The highest BCUT2D eigenvalue weighted by Crippen LogP contribution is 2.04. The minimum Gasteiger partial charge on any atom is -0.390 e. The largest absolute Gasteiger partial charge is 0.390 e. The molecule has 2 aromatic rings. The Balaban J connectivity index is 2.14. The first kappa shape index (κ1) is 14.7. The molecule has 0 bridgehead atoms. The molecule has 0 radical (unpaired) electrons. The normalized spacial score (nSPS) is 13.8. The lowest BCUT2D eigenvalue weighted by Crippen LogP contribution is -2.42. The third kappa shape index (κ3) is 3.23. The summed E-state index contributed by atoms with van der Waals surface area (Å²) in [5.41, 5.74) is 0.295. The Morgan fingerprint density at radius 1 is 1.45 bits per heavy atom. The number of aliphatic hydroxyl groups is 1. The summed E-state index contributed by atoms with van der Waals surface area (Å²) in [6.07, 6.45) is 2.30. The van der Waals surface area contributed by atoms with Crippen molar-refractivity contribution >= 4 is 11.0 Å². The summed E-state index contributed by atoms with van der Waals surface area (Å²) in [6, 6.07) is 0. The molecule has 0 aromatic carbocycles. The first-order valence-electron chi connectivity index (χ1n) is 6.58. The molecule has 0 amide bonds. The molecule has 20 heavy (non-hydrogen) atoms. The van der Waals surface area contributed by atoms with E-state index in [1.165, 1.54) is 17.1 Å². The zero-order chi connectivity index (χ0) is 14.9. The van der Waals surface area contributed by atoms with Gasteiger partial charge < -0.3 is 10.4 Å². The van der Waals surface area contributed by atoms with Gasteiger partial charge in [0.1, 0.15) is 11.7 Å². The molecule has 2 N–H and O–H groups in total. The molecule has 1 atom stereocenters. The molecule has 7 heteroatoms. The van der Waals surface area contributed by atoms with E-state index in [0.717, 1.165) is 0 Å². The van der Waals surface area contributed by atoms with Gasteiger partial charge in [0.2, 0.25) is 0 Å². The third-order valence-electron chi connectivity index (χ3n) is 2.99. The topological polar surface area (TPSA) is 85.0 Å². The highest BCUT2D eigenvalue weighted by molar-refractivity contribution is 5.72. The minimum absolute atomic E-state index is 0.0719. The maximum Gasteiger partial charge on any atom is 0.264 e. The van der Waals surface area contributed by atoms with Crippen LogP contribution >= 0.6 is 0 Å². The van der Waals surface area contributed by atoms with E-state index in [1.54, 1.807) is 11.7 Å². The van der Waals surface area contributed by atoms with Crippen molar-refractivity contribution in [2.75, 3.05) is 6.54 Å². The first-order valence-corrected chi connectivity index (χ1v) is 6.58. The second-order valence-electron chi connectivity index (χ2n) is 5.99. The highest BCUT2D eigenvalue weighted by atomic mass is 16.3. The number of β-amino-alcohol motifs (C(OH)–C–C–N with tert-alkyl or cyclic N) is 1. The van der Waals surface area contributed by atoms with Crippen molar-refractivity contribution in [2.24, 2.45) is 7.05 Å². The number of aryl methyl sites for hydroxylation is 1. The number of aliphatic hydroxyl groups excluding tert-OH is 1. The van der Waals surface area contributed by atoms with E-state index < -0.39 is 6.10 Å². The SMILES string of the molecule is Cn1ncc2c(=O)n(CC(O)CNC(C)(C)C)cnc21. The van der Waals surface area contributed by atoms with Crippen LogP contribution in [0.2, 0.25) is 0 Å². The maximum atomic E-state index is 12.2. The molecule has 0 aliphatic carbocycles. The van der Waals surface area contributed by atoms with Crippen LogP contribution in [0.15, 0.2) is 17.3 Å². The first-order chi connectivity index (χ1) is 9.28. The van der Waals surface area contributed by atoms with Gasteiger partial charge in [-0.2, -0.15) is 5.10 Å². The molecule has 0 spiro atoms. The Bertz CT molecular complexity index is 653. The van der Waals surface area contributed by atoms with Gasteiger partial charge in [-0.05, 0) is 20.8 Å². The Hall–Kier alpha value is -1.73. The van der Waals surface area contributed by atoms with Crippen molar-refractivity contribution < 1.29 is 5.11 Å². The number of rotatable bonds is 4. The Morgan fingerprint density at radius 2 is 2.15 bits per heavy atom. The monoisotopic (exact) mass is 279 g/mol. The van der Waals surface area contributed by atoms with Gasteiger partial charge in [-0.25, -0.2) is 4.98 Å². The Labute approximate surface area is 117 Å². The summed E-state index contributed by atoms with van der Waals surface area (Å²) in [4.78, 5) is 16.4. The van der Waals surface area contributed by atoms with E-state index in [-0.39, 0.29) is 17.6 Å². The van der Waals surface area contributed by atoms with Crippen LogP contribution < -0.4 is 10.9 Å². The molecule has 0 fully saturated rings. The molecular weight excluding hydrogens is 258 g/mol. The second kappa shape index (κ2) is 5.34. The van der Waals surface area contributed by atoms with Gasteiger partial charge in [-0.15, -0.1) is 0 Å². The van der Waals surface area contributed by atoms with E-state index in [9.17, 15) is 9.90 Å². The minimum atomic E-state index is -0.650. The van der Waals surface area contributed by atoms with Crippen LogP contribution in [0.5, 0.6) is 0 Å². The van der Waals surface area contributed by atoms with Crippen LogP contribution in [0.25, 0.3) is 11.0 Å². The summed E-state index contributed by atoms with van der Waals surface area (Å²) >= 11 is 0. The molecule has 0 aliphatic rings. The quantitative estimate of drug-likeness (QED) is 0.815. The molecule has 7 nitrogen and oxygen atoms in total. The van der Waals surface area contributed by atoms with Crippen molar-refractivity contribution in [3.63, 3.8) is 0 Å². The fourth-order valence-electron chi connectivity index (χ4n) is 1.91. The predicted octanol–water partition coefficient (Wildman–Crippen LogP) is -0.121.